The summed E-state index contributed by atoms with van der Waals surface area (Å²) in [5.74, 6) is 2.43. The Balaban J connectivity index is 1.78. The minimum absolute atomic E-state index is 0.326. The molecule has 0 fully saturated rings. The zero-order valence-electron chi connectivity index (χ0n) is 15.5. The summed E-state index contributed by atoms with van der Waals surface area (Å²) in [6.07, 6.45) is 1.73. The molecule has 0 spiro atoms. The van der Waals surface area contributed by atoms with Crippen molar-refractivity contribution in [3.05, 3.63) is 48.0 Å². The van der Waals surface area contributed by atoms with Crippen molar-refractivity contribution in [1.82, 2.24) is 9.55 Å². The minimum Gasteiger partial charge on any atom is -0.493 e. The number of guanidine groups is 1. The summed E-state index contributed by atoms with van der Waals surface area (Å²) in [5.41, 5.74) is 8.86. The van der Waals surface area contributed by atoms with Gasteiger partial charge in [-0.15, -0.1) is 0 Å². The first-order valence-electron chi connectivity index (χ1n) is 9.09. The van der Waals surface area contributed by atoms with Gasteiger partial charge in [0.05, 0.1) is 24.8 Å². The summed E-state index contributed by atoms with van der Waals surface area (Å²) in [4.78, 5) is 9.25. The Kier molecular flexibility index (Phi) is 4.58. The van der Waals surface area contributed by atoms with E-state index in [4.69, 9.17) is 15.2 Å². The van der Waals surface area contributed by atoms with Gasteiger partial charge in [-0.05, 0) is 30.7 Å². The Bertz CT molecular complexity index is 995. The van der Waals surface area contributed by atoms with Gasteiger partial charge in [-0.1, -0.05) is 31.5 Å². The SMILES string of the molecule is CCCCOc1cc([C@@H]2N=C(N)Nc3nc4ccccc4n32)ccc1OC. The highest BCUT2D eigenvalue weighted by molar-refractivity contribution is 5.94. The molecule has 3 aromatic rings. The van der Waals surface area contributed by atoms with Crippen LogP contribution in [0.2, 0.25) is 0 Å². The predicted molar refractivity (Wildman–Crippen MR) is 107 cm³/mol. The normalized spacial score (nSPS) is 15.8. The Morgan fingerprint density at radius 3 is 2.85 bits per heavy atom. The van der Waals surface area contributed by atoms with Gasteiger partial charge in [-0.3, -0.25) is 9.88 Å². The van der Waals surface area contributed by atoms with Crippen molar-refractivity contribution >= 4 is 22.9 Å². The van der Waals surface area contributed by atoms with E-state index in [0.717, 1.165) is 29.4 Å². The summed E-state index contributed by atoms with van der Waals surface area (Å²) in [5, 5.41) is 3.05. The molecular weight excluding hydrogens is 342 g/mol. The van der Waals surface area contributed by atoms with Gasteiger partial charge in [0.1, 0.15) is 0 Å². The Labute approximate surface area is 157 Å². The molecule has 1 aromatic heterocycles. The lowest BCUT2D eigenvalue weighted by Crippen LogP contribution is -2.31. The first-order valence-corrected chi connectivity index (χ1v) is 9.09. The van der Waals surface area contributed by atoms with E-state index >= 15 is 0 Å². The zero-order chi connectivity index (χ0) is 18.8. The predicted octanol–water partition coefficient (Wildman–Crippen LogP) is 3.51. The second-order valence-electron chi connectivity index (χ2n) is 6.42. The Hall–Kier alpha value is -3.22. The van der Waals surface area contributed by atoms with Gasteiger partial charge in [0.2, 0.25) is 5.95 Å². The maximum absolute atomic E-state index is 6.02. The van der Waals surface area contributed by atoms with Crippen LogP contribution in [-0.4, -0.2) is 29.2 Å². The van der Waals surface area contributed by atoms with Gasteiger partial charge < -0.3 is 15.2 Å². The molecule has 0 radical (unpaired) electrons. The molecule has 0 saturated carbocycles. The highest BCUT2D eigenvalue weighted by Gasteiger charge is 2.25. The lowest BCUT2D eigenvalue weighted by Gasteiger charge is -2.24. The van der Waals surface area contributed by atoms with Crippen LogP contribution in [0.15, 0.2) is 47.5 Å². The van der Waals surface area contributed by atoms with E-state index in [1.165, 1.54) is 0 Å². The number of rotatable bonds is 6. The number of hydrogen-bond acceptors (Lipinski definition) is 6. The van der Waals surface area contributed by atoms with Gasteiger partial charge in [-0.2, -0.15) is 0 Å². The number of nitrogens with one attached hydrogen (secondary N) is 1. The van der Waals surface area contributed by atoms with E-state index in [-0.39, 0.29) is 6.17 Å². The monoisotopic (exact) mass is 365 g/mol. The summed E-state index contributed by atoms with van der Waals surface area (Å²) in [7, 11) is 1.64. The van der Waals surface area contributed by atoms with Crippen LogP contribution in [0.25, 0.3) is 11.0 Å². The van der Waals surface area contributed by atoms with Crippen molar-refractivity contribution in [1.29, 1.82) is 0 Å². The molecule has 1 atom stereocenters. The fourth-order valence-corrected chi connectivity index (χ4v) is 3.23. The van der Waals surface area contributed by atoms with Crippen molar-refractivity contribution in [2.75, 3.05) is 19.0 Å². The summed E-state index contributed by atoms with van der Waals surface area (Å²) < 4.78 is 13.4. The first-order chi connectivity index (χ1) is 13.2. The molecule has 1 aliphatic rings. The van der Waals surface area contributed by atoms with Crippen molar-refractivity contribution in [3.63, 3.8) is 0 Å². The standard InChI is InChI=1S/C20H23N5O2/c1-3-4-11-27-17-12-13(9-10-16(17)26-2)18-23-19(21)24-20-22-14-7-5-6-8-15(14)25(18)20/h5-10,12,18H,3-4,11H2,1-2H3,(H3,21,22,23,24)/t18-/m1/s1. The number of aliphatic imine (C=N–C) groups is 1. The fraction of sp³-hybridized carbons (Fsp3) is 0.300. The van der Waals surface area contributed by atoms with Crippen LogP contribution in [0.5, 0.6) is 11.5 Å². The highest BCUT2D eigenvalue weighted by Crippen LogP contribution is 2.36. The van der Waals surface area contributed by atoms with Crippen LogP contribution < -0.4 is 20.5 Å². The molecule has 140 valence electrons. The maximum atomic E-state index is 6.02. The van der Waals surface area contributed by atoms with E-state index in [1.807, 2.05) is 47.0 Å². The van der Waals surface area contributed by atoms with Crippen molar-refractivity contribution in [2.24, 2.45) is 10.7 Å². The van der Waals surface area contributed by atoms with Crippen molar-refractivity contribution in [2.45, 2.75) is 25.9 Å². The number of nitrogens with two attached hydrogens (primary N) is 1. The third-order valence-electron chi connectivity index (χ3n) is 4.58. The number of nitrogens with zero attached hydrogens (tertiary/aromatic N) is 3. The summed E-state index contributed by atoms with van der Waals surface area (Å²) >= 11 is 0. The van der Waals surface area contributed by atoms with Gasteiger partial charge in [0, 0.05) is 5.56 Å². The van der Waals surface area contributed by atoms with E-state index in [0.29, 0.717) is 30.0 Å². The van der Waals surface area contributed by atoms with Crippen molar-refractivity contribution in [3.8, 4) is 11.5 Å². The third kappa shape index (κ3) is 3.16. The molecule has 1 aliphatic heterocycles. The first kappa shape index (κ1) is 17.2. The number of hydrogen-bond donors (Lipinski definition) is 2. The number of unbranched alkanes of at least 4 members (excludes halogenated alkanes) is 1. The van der Waals surface area contributed by atoms with E-state index < -0.39 is 0 Å². The molecular formula is C20H23N5O2. The smallest absolute Gasteiger partial charge is 0.212 e. The highest BCUT2D eigenvalue weighted by atomic mass is 16.5. The molecule has 0 unspecified atom stereocenters. The molecule has 0 bridgehead atoms. The topological polar surface area (TPSA) is 86.7 Å². The number of para-hydroxylation sites is 2. The number of aromatic nitrogens is 2. The van der Waals surface area contributed by atoms with Gasteiger partial charge in [0.25, 0.3) is 0 Å². The Morgan fingerprint density at radius 2 is 2.04 bits per heavy atom. The van der Waals surface area contributed by atoms with Crippen LogP contribution in [0.4, 0.5) is 5.95 Å². The minimum atomic E-state index is -0.326. The Morgan fingerprint density at radius 1 is 1.19 bits per heavy atom. The zero-order valence-corrected chi connectivity index (χ0v) is 15.5. The van der Waals surface area contributed by atoms with E-state index in [1.54, 1.807) is 7.11 Å². The molecule has 3 N–H and O–H groups in total. The number of methoxy groups -OCH3 is 1. The summed E-state index contributed by atoms with van der Waals surface area (Å²) in [6.45, 7) is 2.78. The number of fused-ring (bicyclic) bond motifs is 3. The van der Waals surface area contributed by atoms with Gasteiger partial charge in [0.15, 0.2) is 23.6 Å². The van der Waals surface area contributed by atoms with Gasteiger partial charge >= 0.3 is 0 Å². The third-order valence-corrected chi connectivity index (χ3v) is 4.58. The lowest BCUT2D eigenvalue weighted by molar-refractivity contribution is 0.287. The lowest BCUT2D eigenvalue weighted by atomic mass is 10.1. The maximum Gasteiger partial charge on any atom is 0.212 e. The quantitative estimate of drug-likeness (QED) is 0.653. The second kappa shape index (κ2) is 7.19. The van der Waals surface area contributed by atoms with E-state index in [9.17, 15) is 0 Å². The molecule has 0 saturated heterocycles. The average Bonchev–Trinajstić information content (AvgIpc) is 3.05. The molecule has 7 heteroatoms. The number of benzene rings is 2. The number of ether oxygens (including phenoxy) is 2. The van der Waals surface area contributed by atoms with Crippen LogP contribution in [-0.2, 0) is 0 Å². The fourth-order valence-electron chi connectivity index (χ4n) is 3.23. The van der Waals surface area contributed by atoms with Crippen LogP contribution >= 0.6 is 0 Å². The average molecular weight is 365 g/mol. The molecule has 7 nitrogen and oxygen atoms in total. The van der Waals surface area contributed by atoms with Crippen molar-refractivity contribution < 1.29 is 9.47 Å². The van der Waals surface area contributed by atoms with E-state index in [2.05, 4.69) is 22.2 Å². The van der Waals surface area contributed by atoms with Crippen LogP contribution in [0.1, 0.15) is 31.5 Å². The largest absolute Gasteiger partial charge is 0.493 e. The molecule has 2 aromatic carbocycles. The molecule has 2 heterocycles. The molecule has 0 aliphatic carbocycles. The number of imidazole rings is 1. The molecule has 0 amide bonds. The molecule has 27 heavy (non-hydrogen) atoms. The second-order valence-corrected chi connectivity index (χ2v) is 6.42. The van der Waals surface area contributed by atoms with Crippen LogP contribution in [0.3, 0.4) is 0 Å². The number of anilines is 1. The summed E-state index contributed by atoms with van der Waals surface area (Å²) in [6, 6.07) is 13.8. The molecule has 4 rings (SSSR count). The van der Waals surface area contributed by atoms with Crippen LogP contribution in [0, 0.1) is 0 Å². The van der Waals surface area contributed by atoms with Gasteiger partial charge in [-0.25, -0.2) is 9.98 Å².